The molecule has 2 aromatic rings. The van der Waals surface area contributed by atoms with Crippen LogP contribution in [0.2, 0.25) is 0 Å². The minimum Gasteiger partial charge on any atom is -0.494 e. The average Bonchev–Trinajstić information content (AvgIpc) is 2.83. The lowest BCUT2D eigenvalue weighted by atomic mass is 9.88. The molecule has 0 spiro atoms. The van der Waals surface area contributed by atoms with E-state index in [1.807, 2.05) is 20.8 Å². The third-order valence-corrected chi connectivity index (χ3v) is 6.02. The van der Waals surface area contributed by atoms with Gasteiger partial charge in [-0.3, -0.25) is 14.4 Å². The fourth-order valence-electron chi connectivity index (χ4n) is 4.07. The van der Waals surface area contributed by atoms with E-state index in [9.17, 15) is 23.2 Å². The molecule has 1 aliphatic rings. The second-order valence-corrected chi connectivity index (χ2v) is 8.74. The SMILES string of the molecule is CCOc1ccc(C(=O)NC(C(=O)N2CCC(C(=O)c3cc(F)ccc3F)CC2)C(C)C)cc1. The summed E-state index contributed by atoms with van der Waals surface area (Å²) in [6.45, 7) is 6.70. The van der Waals surface area contributed by atoms with Gasteiger partial charge in [0.1, 0.15) is 23.4 Å². The molecule has 1 unspecified atom stereocenters. The van der Waals surface area contributed by atoms with Crippen molar-refractivity contribution < 1.29 is 27.9 Å². The van der Waals surface area contributed by atoms with Crippen LogP contribution in [0.4, 0.5) is 8.78 Å². The molecule has 0 saturated carbocycles. The van der Waals surface area contributed by atoms with E-state index in [4.69, 9.17) is 4.74 Å². The Morgan fingerprint density at radius 1 is 1.06 bits per heavy atom. The monoisotopic (exact) mass is 472 g/mol. The Bertz CT molecular complexity index is 1030. The Labute approximate surface area is 198 Å². The van der Waals surface area contributed by atoms with Crippen LogP contribution in [0.5, 0.6) is 5.75 Å². The number of hydrogen-bond acceptors (Lipinski definition) is 4. The van der Waals surface area contributed by atoms with Crippen LogP contribution in [0.3, 0.4) is 0 Å². The number of Topliss-reactive ketones (excluding diaryl/α,β-unsaturated/α-hetero) is 1. The summed E-state index contributed by atoms with van der Waals surface area (Å²) in [5.74, 6) is -2.43. The molecule has 1 heterocycles. The van der Waals surface area contributed by atoms with Crippen molar-refractivity contribution in [1.82, 2.24) is 10.2 Å². The molecule has 1 aliphatic heterocycles. The lowest BCUT2D eigenvalue weighted by Gasteiger charge is -2.35. The summed E-state index contributed by atoms with van der Waals surface area (Å²) in [5, 5.41) is 2.83. The molecule has 3 rings (SSSR count). The number of carbonyl (C=O) groups is 3. The number of benzene rings is 2. The summed E-state index contributed by atoms with van der Waals surface area (Å²) >= 11 is 0. The van der Waals surface area contributed by atoms with Gasteiger partial charge in [0.05, 0.1) is 12.2 Å². The van der Waals surface area contributed by atoms with Crippen molar-refractivity contribution in [3.8, 4) is 5.75 Å². The number of carbonyl (C=O) groups excluding carboxylic acids is 3. The number of nitrogens with one attached hydrogen (secondary N) is 1. The fraction of sp³-hybridized carbons (Fsp3) is 0.423. The zero-order valence-electron chi connectivity index (χ0n) is 19.6. The number of likely N-dealkylation sites (tertiary alicyclic amines) is 1. The number of ether oxygens (including phenoxy) is 1. The number of amides is 2. The molecule has 1 atom stereocenters. The number of hydrogen-bond donors (Lipinski definition) is 1. The quantitative estimate of drug-likeness (QED) is 0.583. The molecule has 0 aliphatic carbocycles. The summed E-state index contributed by atoms with van der Waals surface area (Å²) in [6, 6.07) is 8.80. The molecule has 182 valence electrons. The Balaban J connectivity index is 1.61. The first kappa shape index (κ1) is 25.3. The lowest BCUT2D eigenvalue weighted by molar-refractivity contribution is -0.135. The van der Waals surface area contributed by atoms with E-state index in [1.165, 1.54) is 0 Å². The molecule has 34 heavy (non-hydrogen) atoms. The minimum absolute atomic E-state index is 0.153. The topological polar surface area (TPSA) is 75.7 Å². The molecule has 8 heteroatoms. The zero-order valence-corrected chi connectivity index (χ0v) is 19.6. The van der Waals surface area contributed by atoms with Crippen LogP contribution >= 0.6 is 0 Å². The van der Waals surface area contributed by atoms with Crippen LogP contribution in [-0.4, -0.2) is 48.2 Å². The van der Waals surface area contributed by atoms with Crippen LogP contribution in [0.1, 0.15) is 54.3 Å². The molecule has 1 saturated heterocycles. The molecule has 2 amide bonds. The van der Waals surface area contributed by atoms with Crippen LogP contribution in [0, 0.1) is 23.5 Å². The second-order valence-electron chi connectivity index (χ2n) is 8.74. The molecular formula is C26H30F2N2O4. The van der Waals surface area contributed by atoms with E-state index in [-0.39, 0.29) is 23.3 Å². The highest BCUT2D eigenvalue weighted by atomic mass is 19.1. The van der Waals surface area contributed by atoms with Crippen LogP contribution < -0.4 is 10.1 Å². The average molecular weight is 473 g/mol. The first-order chi connectivity index (χ1) is 16.2. The van der Waals surface area contributed by atoms with Crippen molar-refractivity contribution >= 4 is 17.6 Å². The van der Waals surface area contributed by atoms with Gasteiger partial charge in [-0.15, -0.1) is 0 Å². The van der Waals surface area contributed by atoms with Gasteiger partial charge in [-0.25, -0.2) is 8.78 Å². The highest BCUT2D eigenvalue weighted by molar-refractivity contribution is 5.99. The van der Waals surface area contributed by atoms with Gasteiger partial charge in [-0.2, -0.15) is 0 Å². The molecular weight excluding hydrogens is 442 g/mol. The van der Waals surface area contributed by atoms with Crippen molar-refractivity contribution in [2.24, 2.45) is 11.8 Å². The van der Waals surface area contributed by atoms with Crippen LogP contribution in [0.15, 0.2) is 42.5 Å². The summed E-state index contributed by atoms with van der Waals surface area (Å²) in [6.07, 6.45) is 0.691. The maximum atomic E-state index is 14.0. The number of rotatable bonds is 8. The van der Waals surface area contributed by atoms with Gasteiger partial charge in [-0.1, -0.05) is 13.8 Å². The summed E-state index contributed by atoms with van der Waals surface area (Å²) < 4.78 is 32.9. The lowest BCUT2D eigenvalue weighted by Crippen LogP contribution is -2.53. The molecule has 0 aromatic heterocycles. The molecule has 1 fully saturated rings. The summed E-state index contributed by atoms with van der Waals surface area (Å²) in [7, 11) is 0. The van der Waals surface area contributed by atoms with E-state index in [2.05, 4.69) is 5.32 Å². The van der Waals surface area contributed by atoms with Gasteiger partial charge in [0, 0.05) is 24.6 Å². The van der Waals surface area contributed by atoms with Gasteiger partial charge in [0.2, 0.25) is 5.91 Å². The van der Waals surface area contributed by atoms with E-state index in [1.54, 1.807) is 29.2 Å². The fourth-order valence-corrected chi connectivity index (χ4v) is 4.07. The highest BCUT2D eigenvalue weighted by Gasteiger charge is 2.34. The third-order valence-electron chi connectivity index (χ3n) is 6.02. The number of nitrogens with zero attached hydrogens (tertiary/aromatic N) is 1. The molecule has 6 nitrogen and oxygen atoms in total. The van der Waals surface area contributed by atoms with E-state index >= 15 is 0 Å². The maximum Gasteiger partial charge on any atom is 0.251 e. The Kier molecular flexibility index (Phi) is 8.36. The predicted octanol–water partition coefficient (Wildman–Crippen LogP) is 4.24. The first-order valence-electron chi connectivity index (χ1n) is 11.5. The zero-order chi connectivity index (χ0) is 24.8. The van der Waals surface area contributed by atoms with Gasteiger partial charge < -0.3 is 15.0 Å². The smallest absolute Gasteiger partial charge is 0.251 e. The predicted molar refractivity (Wildman–Crippen MR) is 124 cm³/mol. The molecule has 1 N–H and O–H groups in total. The molecule has 0 radical (unpaired) electrons. The highest BCUT2D eigenvalue weighted by Crippen LogP contribution is 2.25. The molecule has 0 bridgehead atoms. The normalized spacial score (nSPS) is 15.2. The number of piperidine rings is 1. The van der Waals surface area contributed by atoms with E-state index in [0.717, 1.165) is 18.2 Å². The van der Waals surface area contributed by atoms with E-state index in [0.29, 0.717) is 43.9 Å². The van der Waals surface area contributed by atoms with Crippen molar-refractivity contribution in [2.45, 2.75) is 39.7 Å². The second kappa shape index (κ2) is 11.2. The Morgan fingerprint density at radius 2 is 1.71 bits per heavy atom. The largest absolute Gasteiger partial charge is 0.494 e. The number of halogens is 2. The van der Waals surface area contributed by atoms with Crippen LogP contribution in [-0.2, 0) is 4.79 Å². The molecule has 2 aromatic carbocycles. The van der Waals surface area contributed by atoms with Crippen molar-refractivity contribution in [1.29, 1.82) is 0 Å². The number of ketones is 1. The van der Waals surface area contributed by atoms with Crippen molar-refractivity contribution in [3.63, 3.8) is 0 Å². The minimum atomic E-state index is -0.748. The summed E-state index contributed by atoms with van der Waals surface area (Å²) in [5.41, 5.74) is 0.163. The van der Waals surface area contributed by atoms with E-state index < -0.39 is 29.4 Å². The van der Waals surface area contributed by atoms with Crippen molar-refractivity contribution in [2.75, 3.05) is 19.7 Å². The maximum absolute atomic E-state index is 14.0. The van der Waals surface area contributed by atoms with Crippen LogP contribution in [0.25, 0.3) is 0 Å². The van der Waals surface area contributed by atoms with Gasteiger partial charge >= 0.3 is 0 Å². The Morgan fingerprint density at radius 3 is 2.29 bits per heavy atom. The third kappa shape index (κ3) is 5.98. The van der Waals surface area contributed by atoms with Gasteiger partial charge in [0.15, 0.2) is 5.78 Å². The summed E-state index contributed by atoms with van der Waals surface area (Å²) in [4.78, 5) is 40.2. The Hall–Kier alpha value is -3.29. The van der Waals surface area contributed by atoms with Gasteiger partial charge in [0.25, 0.3) is 5.91 Å². The van der Waals surface area contributed by atoms with Gasteiger partial charge in [-0.05, 0) is 68.1 Å². The first-order valence-corrected chi connectivity index (χ1v) is 11.5. The standard InChI is InChI=1S/C26H30F2N2O4/c1-4-34-20-8-5-18(6-9-20)25(32)29-23(16(2)3)26(33)30-13-11-17(12-14-30)24(31)21-15-19(27)7-10-22(21)28/h5-10,15-17,23H,4,11-14H2,1-3H3,(H,29,32). The van der Waals surface area contributed by atoms with Crippen molar-refractivity contribution in [3.05, 3.63) is 65.2 Å².